The summed E-state index contributed by atoms with van der Waals surface area (Å²) in [7, 11) is 0. The molecule has 0 bridgehead atoms. The maximum Gasteiger partial charge on any atom is 0.241 e. The Labute approximate surface area is 140 Å². The van der Waals surface area contributed by atoms with Crippen LogP contribution in [0.1, 0.15) is 52.0 Å². The van der Waals surface area contributed by atoms with Crippen molar-refractivity contribution in [1.82, 2.24) is 5.32 Å². The van der Waals surface area contributed by atoms with Crippen LogP contribution >= 0.6 is 0 Å². The van der Waals surface area contributed by atoms with Gasteiger partial charge in [0.1, 0.15) is 0 Å². The molecule has 0 saturated carbocycles. The van der Waals surface area contributed by atoms with Gasteiger partial charge in [0.05, 0.1) is 6.54 Å². The number of amides is 1. The molecule has 0 spiro atoms. The Hall–Kier alpha value is -1.39. The van der Waals surface area contributed by atoms with Crippen molar-refractivity contribution in [3.63, 3.8) is 0 Å². The summed E-state index contributed by atoms with van der Waals surface area (Å²) in [4.78, 5) is 14.8. The topological polar surface area (TPSA) is 41.6 Å². The SMILES string of the molecule is CCOCCCNCC(=O)N1c2ccccc2C(C)CC1(C)C. The smallest absolute Gasteiger partial charge is 0.241 e. The van der Waals surface area contributed by atoms with Gasteiger partial charge in [-0.2, -0.15) is 0 Å². The third kappa shape index (κ3) is 4.33. The van der Waals surface area contributed by atoms with Gasteiger partial charge in [-0.05, 0) is 57.7 Å². The van der Waals surface area contributed by atoms with Crippen molar-refractivity contribution in [3.05, 3.63) is 29.8 Å². The second kappa shape index (κ2) is 7.93. The number of hydrogen-bond acceptors (Lipinski definition) is 3. The number of nitrogens with zero attached hydrogens (tertiary/aromatic N) is 1. The van der Waals surface area contributed by atoms with Gasteiger partial charge in [0.25, 0.3) is 0 Å². The van der Waals surface area contributed by atoms with E-state index in [-0.39, 0.29) is 11.4 Å². The van der Waals surface area contributed by atoms with Gasteiger partial charge in [0.15, 0.2) is 0 Å². The van der Waals surface area contributed by atoms with Crippen LogP contribution in [-0.2, 0) is 9.53 Å². The molecule has 0 aromatic heterocycles. The fourth-order valence-corrected chi connectivity index (χ4v) is 3.57. The van der Waals surface area contributed by atoms with E-state index in [1.54, 1.807) is 0 Å². The van der Waals surface area contributed by atoms with Crippen LogP contribution in [0.25, 0.3) is 0 Å². The van der Waals surface area contributed by atoms with E-state index >= 15 is 0 Å². The molecule has 1 unspecified atom stereocenters. The van der Waals surface area contributed by atoms with E-state index in [0.717, 1.165) is 38.3 Å². The number of benzene rings is 1. The molecule has 128 valence electrons. The zero-order valence-electron chi connectivity index (χ0n) is 14.9. The molecule has 1 aromatic carbocycles. The Kier molecular flexibility index (Phi) is 6.19. The van der Waals surface area contributed by atoms with Crippen LogP contribution in [0.2, 0.25) is 0 Å². The van der Waals surface area contributed by atoms with Crippen molar-refractivity contribution in [2.75, 3.05) is 31.2 Å². The molecule has 4 heteroatoms. The van der Waals surface area contributed by atoms with Crippen LogP contribution in [-0.4, -0.2) is 37.7 Å². The van der Waals surface area contributed by atoms with Crippen LogP contribution in [0, 0.1) is 0 Å². The van der Waals surface area contributed by atoms with E-state index in [1.165, 1.54) is 5.56 Å². The molecule has 1 heterocycles. The molecule has 1 amide bonds. The van der Waals surface area contributed by atoms with Crippen molar-refractivity contribution in [3.8, 4) is 0 Å². The van der Waals surface area contributed by atoms with Gasteiger partial charge in [0.2, 0.25) is 5.91 Å². The van der Waals surface area contributed by atoms with E-state index < -0.39 is 0 Å². The Morgan fingerprint density at radius 1 is 1.39 bits per heavy atom. The summed E-state index contributed by atoms with van der Waals surface area (Å²) in [5.74, 6) is 0.621. The predicted octanol–water partition coefficient (Wildman–Crippen LogP) is 3.32. The normalized spacial score (nSPS) is 19.5. The number of rotatable bonds is 7. The number of hydrogen-bond donors (Lipinski definition) is 1. The summed E-state index contributed by atoms with van der Waals surface area (Å²) < 4.78 is 5.31. The van der Waals surface area contributed by atoms with E-state index in [4.69, 9.17) is 4.74 Å². The van der Waals surface area contributed by atoms with E-state index in [1.807, 2.05) is 17.9 Å². The largest absolute Gasteiger partial charge is 0.382 e. The number of carbonyl (C=O) groups excluding carboxylic acids is 1. The van der Waals surface area contributed by atoms with Gasteiger partial charge < -0.3 is 15.0 Å². The van der Waals surface area contributed by atoms with E-state index in [2.05, 4.69) is 44.3 Å². The first-order valence-corrected chi connectivity index (χ1v) is 8.68. The lowest BCUT2D eigenvalue weighted by Crippen LogP contribution is -2.54. The Morgan fingerprint density at radius 3 is 2.87 bits per heavy atom. The third-order valence-corrected chi connectivity index (χ3v) is 4.49. The Bertz CT molecular complexity index is 528. The highest BCUT2D eigenvalue weighted by Crippen LogP contribution is 2.42. The average molecular weight is 318 g/mol. The van der Waals surface area contributed by atoms with Gasteiger partial charge >= 0.3 is 0 Å². The first-order valence-electron chi connectivity index (χ1n) is 8.68. The highest BCUT2D eigenvalue weighted by molar-refractivity contribution is 5.97. The molecule has 1 aliphatic rings. The first-order chi connectivity index (χ1) is 11.0. The minimum absolute atomic E-state index is 0.144. The molecular formula is C19H30N2O2. The summed E-state index contributed by atoms with van der Waals surface area (Å²) in [6.07, 6.45) is 1.91. The molecule has 2 rings (SSSR count). The van der Waals surface area contributed by atoms with Crippen molar-refractivity contribution in [1.29, 1.82) is 0 Å². The maximum absolute atomic E-state index is 12.8. The minimum Gasteiger partial charge on any atom is -0.382 e. The zero-order valence-corrected chi connectivity index (χ0v) is 14.9. The maximum atomic E-state index is 12.8. The van der Waals surface area contributed by atoms with Crippen LogP contribution in [0.5, 0.6) is 0 Å². The molecule has 1 aliphatic heterocycles. The van der Waals surface area contributed by atoms with Crippen molar-refractivity contribution >= 4 is 11.6 Å². The number of para-hydroxylation sites is 1. The van der Waals surface area contributed by atoms with Crippen LogP contribution in [0.15, 0.2) is 24.3 Å². The number of fused-ring (bicyclic) bond motifs is 1. The van der Waals surface area contributed by atoms with Gasteiger partial charge in [-0.25, -0.2) is 0 Å². The molecule has 4 nitrogen and oxygen atoms in total. The zero-order chi connectivity index (χ0) is 16.9. The van der Waals surface area contributed by atoms with Crippen molar-refractivity contribution in [2.45, 2.75) is 52.0 Å². The van der Waals surface area contributed by atoms with Gasteiger partial charge in [0, 0.05) is 24.4 Å². The lowest BCUT2D eigenvalue weighted by molar-refractivity contribution is -0.119. The monoisotopic (exact) mass is 318 g/mol. The number of carbonyl (C=O) groups is 1. The van der Waals surface area contributed by atoms with Crippen molar-refractivity contribution in [2.24, 2.45) is 0 Å². The van der Waals surface area contributed by atoms with Crippen molar-refractivity contribution < 1.29 is 9.53 Å². The van der Waals surface area contributed by atoms with Crippen LogP contribution in [0.4, 0.5) is 5.69 Å². The number of anilines is 1. The molecule has 1 atom stereocenters. The average Bonchev–Trinajstić information content (AvgIpc) is 2.50. The standard InChI is InChI=1S/C19H30N2O2/c1-5-23-12-8-11-20-14-18(22)21-17-10-7-6-9-16(17)15(2)13-19(21,3)4/h6-7,9-10,15,20H,5,8,11-14H2,1-4H3. The summed E-state index contributed by atoms with van der Waals surface area (Å²) in [5.41, 5.74) is 2.19. The fraction of sp³-hybridized carbons (Fsp3) is 0.632. The highest BCUT2D eigenvalue weighted by Gasteiger charge is 2.39. The van der Waals surface area contributed by atoms with Crippen LogP contribution in [0.3, 0.4) is 0 Å². The van der Waals surface area contributed by atoms with Gasteiger partial charge in [-0.1, -0.05) is 25.1 Å². The minimum atomic E-state index is -0.155. The summed E-state index contributed by atoms with van der Waals surface area (Å²) in [6.45, 7) is 11.2. The quantitative estimate of drug-likeness (QED) is 0.784. The van der Waals surface area contributed by atoms with Crippen LogP contribution < -0.4 is 10.2 Å². The molecule has 0 aliphatic carbocycles. The molecule has 1 aromatic rings. The Morgan fingerprint density at radius 2 is 2.13 bits per heavy atom. The Balaban J connectivity index is 2.02. The molecule has 0 radical (unpaired) electrons. The number of nitrogens with one attached hydrogen (secondary N) is 1. The van der Waals surface area contributed by atoms with E-state index in [9.17, 15) is 4.79 Å². The summed E-state index contributed by atoms with van der Waals surface area (Å²) in [5, 5.41) is 3.25. The lowest BCUT2D eigenvalue weighted by atomic mass is 9.80. The fourth-order valence-electron chi connectivity index (χ4n) is 3.57. The first kappa shape index (κ1) is 18.0. The molecule has 23 heavy (non-hydrogen) atoms. The summed E-state index contributed by atoms with van der Waals surface area (Å²) in [6, 6.07) is 8.29. The van der Waals surface area contributed by atoms with Gasteiger partial charge in [-0.3, -0.25) is 4.79 Å². The molecule has 0 fully saturated rings. The highest BCUT2D eigenvalue weighted by atomic mass is 16.5. The third-order valence-electron chi connectivity index (χ3n) is 4.49. The molecule has 0 saturated heterocycles. The predicted molar refractivity (Wildman–Crippen MR) is 95.0 cm³/mol. The molecule has 1 N–H and O–H groups in total. The summed E-state index contributed by atoms with van der Waals surface area (Å²) >= 11 is 0. The second-order valence-corrected chi connectivity index (χ2v) is 6.93. The molecular weight excluding hydrogens is 288 g/mol. The second-order valence-electron chi connectivity index (χ2n) is 6.93. The van der Waals surface area contributed by atoms with E-state index in [0.29, 0.717) is 12.5 Å². The van der Waals surface area contributed by atoms with Gasteiger partial charge in [-0.15, -0.1) is 0 Å². The lowest BCUT2D eigenvalue weighted by Gasteiger charge is -2.46. The number of ether oxygens (including phenoxy) is 1.